The average Bonchev–Trinajstić information content (AvgIpc) is 2.66. The van der Waals surface area contributed by atoms with Crippen LogP contribution in [0.15, 0.2) is 60.9 Å². The summed E-state index contributed by atoms with van der Waals surface area (Å²) in [5.41, 5.74) is 0.912. The van der Waals surface area contributed by atoms with Crippen molar-refractivity contribution in [3.63, 3.8) is 0 Å². The Morgan fingerprint density at radius 2 is 1.89 bits per heavy atom. The van der Waals surface area contributed by atoms with E-state index in [2.05, 4.69) is 15.3 Å². The number of nitrogens with one attached hydrogen (secondary N) is 1. The number of halogens is 4. The van der Waals surface area contributed by atoms with Gasteiger partial charge in [-0.2, -0.15) is 13.2 Å². The van der Waals surface area contributed by atoms with Crippen LogP contribution in [0.5, 0.6) is 0 Å². The van der Waals surface area contributed by atoms with Crippen molar-refractivity contribution in [2.75, 3.05) is 0 Å². The first-order chi connectivity index (χ1) is 12.8. The molecule has 1 amide bonds. The fraction of sp³-hybridized carbons (Fsp3) is 0.105. The highest BCUT2D eigenvalue weighted by Gasteiger charge is 2.30. The van der Waals surface area contributed by atoms with E-state index in [1.54, 1.807) is 24.4 Å². The predicted octanol–water partition coefficient (Wildman–Crippen LogP) is 4.75. The number of rotatable bonds is 4. The third-order valence-corrected chi connectivity index (χ3v) is 4.04. The van der Waals surface area contributed by atoms with Crippen LogP contribution >= 0.6 is 11.6 Å². The molecule has 0 aliphatic rings. The number of benzene rings is 1. The summed E-state index contributed by atoms with van der Waals surface area (Å²) in [6.07, 6.45) is -1.37. The van der Waals surface area contributed by atoms with Crippen molar-refractivity contribution in [3.05, 3.63) is 82.8 Å². The van der Waals surface area contributed by atoms with Gasteiger partial charge in [0, 0.05) is 24.5 Å². The van der Waals surface area contributed by atoms with Crippen molar-refractivity contribution in [2.24, 2.45) is 0 Å². The maximum Gasteiger partial charge on any atom is 0.416 e. The zero-order valence-electron chi connectivity index (χ0n) is 13.8. The summed E-state index contributed by atoms with van der Waals surface area (Å²) < 4.78 is 38.2. The zero-order chi connectivity index (χ0) is 19.4. The van der Waals surface area contributed by atoms with Gasteiger partial charge in [-0.3, -0.25) is 14.8 Å². The number of carbonyl (C=O) groups is 1. The van der Waals surface area contributed by atoms with E-state index in [0.29, 0.717) is 21.8 Å². The third-order valence-electron chi connectivity index (χ3n) is 3.74. The molecule has 0 unspecified atom stereocenters. The first-order valence-corrected chi connectivity index (χ1v) is 8.23. The van der Waals surface area contributed by atoms with Crippen molar-refractivity contribution in [2.45, 2.75) is 12.7 Å². The lowest BCUT2D eigenvalue weighted by atomic mass is 10.1. The molecule has 0 bridgehead atoms. The summed E-state index contributed by atoms with van der Waals surface area (Å²) in [6, 6.07) is 11.3. The molecule has 0 fully saturated rings. The molecule has 8 heteroatoms. The monoisotopic (exact) mass is 391 g/mol. The van der Waals surface area contributed by atoms with Crippen LogP contribution in [0.2, 0.25) is 5.02 Å². The van der Waals surface area contributed by atoms with E-state index in [-0.39, 0.29) is 12.2 Å². The van der Waals surface area contributed by atoms with Crippen molar-refractivity contribution >= 4 is 17.5 Å². The number of amides is 1. The van der Waals surface area contributed by atoms with Gasteiger partial charge < -0.3 is 5.32 Å². The maximum atomic E-state index is 12.7. The number of alkyl halides is 3. The van der Waals surface area contributed by atoms with Crippen molar-refractivity contribution in [1.82, 2.24) is 15.3 Å². The van der Waals surface area contributed by atoms with Gasteiger partial charge in [0.1, 0.15) is 5.69 Å². The highest BCUT2D eigenvalue weighted by Crippen LogP contribution is 2.29. The molecular weight excluding hydrogens is 379 g/mol. The first kappa shape index (κ1) is 18.8. The Morgan fingerprint density at radius 3 is 2.56 bits per heavy atom. The summed E-state index contributed by atoms with van der Waals surface area (Å²) in [6.45, 7) is -0.0434. The molecule has 0 aliphatic heterocycles. The summed E-state index contributed by atoms with van der Waals surface area (Å²) in [4.78, 5) is 20.4. The van der Waals surface area contributed by atoms with Gasteiger partial charge in [0.25, 0.3) is 5.91 Å². The fourth-order valence-electron chi connectivity index (χ4n) is 2.40. The number of nitrogens with zero attached hydrogens (tertiary/aromatic N) is 2. The quantitative estimate of drug-likeness (QED) is 0.698. The van der Waals surface area contributed by atoms with Crippen LogP contribution in [0.4, 0.5) is 13.2 Å². The fourth-order valence-corrected chi connectivity index (χ4v) is 2.63. The minimum absolute atomic E-state index is 0.0434. The number of hydrogen-bond acceptors (Lipinski definition) is 3. The summed E-state index contributed by atoms with van der Waals surface area (Å²) in [7, 11) is 0. The van der Waals surface area contributed by atoms with Gasteiger partial charge in [0.2, 0.25) is 0 Å². The van der Waals surface area contributed by atoms with Crippen LogP contribution < -0.4 is 5.32 Å². The molecule has 4 nitrogen and oxygen atoms in total. The summed E-state index contributed by atoms with van der Waals surface area (Å²) >= 11 is 6.07. The number of aromatic nitrogens is 2. The molecule has 138 valence electrons. The predicted molar refractivity (Wildman–Crippen MR) is 95.1 cm³/mol. The molecule has 0 radical (unpaired) electrons. The highest BCUT2D eigenvalue weighted by molar-refractivity contribution is 6.33. The van der Waals surface area contributed by atoms with E-state index in [9.17, 15) is 18.0 Å². The van der Waals surface area contributed by atoms with Gasteiger partial charge >= 0.3 is 6.18 Å². The number of hydrogen-bond donors (Lipinski definition) is 1. The Kier molecular flexibility index (Phi) is 5.41. The Labute approximate surface area is 158 Å². The minimum atomic E-state index is -4.43. The zero-order valence-corrected chi connectivity index (χ0v) is 14.6. The Balaban J connectivity index is 1.68. The topological polar surface area (TPSA) is 54.9 Å². The number of pyridine rings is 2. The minimum Gasteiger partial charge on any atom is -0.347 e. The smallest absolute Gasteiger partial charge is 0.347 e. The van der Waals surface area contributed by atoms with E-state index < -0.39 is 17.6 Å². The first-order valence-electron chi connectivity index (χ1n) is 7.86. The normalized spacial score (nSPS) is 11.3. The van der Waals surface area contributed by atoms with Gasteiger partial charge in [-0.1, -0.05) is 23.7 Å². The van der Waals surface area contributed by atoms with Crippen molar-refractivity contribution < 1.29 is 18.0 Å². The van der Waals surface area contributed by atoms with Crippen LogP contribution in [0.1, 0.15) is 21.6 Å². The lowest BCUT2D eigenvalue weighted by Gasteiger charge is -2.10. The highest BCUT2D eigenvalue weighted by atomic mass is 35.5. The average molecular weight is 392 g/mol. The molecule has 2 heterocycles. The van der Waals surface area contributed by atoms with E-state index in [1.807, 2.05) is 0 Å². The van der Waals surface area contributed by atoms with Gasteiger partial charge in [-0.15, -0.1) is 0 Å². The Bertz CT molecular complexity index is 959. The molecule has 0 saturated carbocycles. The van der Waals surface area contributed by atoms with Gasteiger partial charge in [0.05, 0.1) is 16.3 Å². The molecule has 0 aliphatic carbocycles. The van der Waals surface area contributed by atoms with Crippen LogP contribution in [0.3, 0.4) is 0 Å². The van der Waals surface area contributed by atoms with Gasteiger partial charge in [0.15, 0.2) is 0 Å². The van der Waals surface area contributed by atoms with Crippen molar-refractivity contribution in [1.29, 1.82) is 0 Å². The van der Waals surface area contributed by atoms with Gasteiger partial charge in [-0.05, 0) is 42.0 Å². The number of carbonyl (C=O) groups excluding carboxylic acids is 1. The molecule has 0 saturated heterocycles. The summed E-state index contributed by atoms with van der Waals surface area (Å²) in [5.74, 6) is -0.494. The molecule has 0 spiro atoms. The Morgan fingerprint density at radius 1 is 1.07 bits per heavy atom. The second-order valence-electron chi connectivity index (χ2n) is 5.65. The molecule has 2 aromatic heterocycles. The van der Waals surface area contributed by atoms with E-state index in [4.69, 9.17) is 11.6 Å². The van der Waals surface area contributed by atoms with Crippen LogP contribution in [0, 0.1) is 0 Å². The van der Waals surface area contributed by atoms with E-state index >= 15 is 0 Å². The summed E-state index contributed by atoms with van der Waals surface area (Å²) in [5, 5.41) is 3.01. The standard InChI is InChI=1S/C19H13ClF3N3O/c20-15-5-2-8-24-17(15)13-6-7-16(25-11-13)18(27)26-10-12-3-1-4-14(9-12)19(21,22)23/h1-9,11H,10H2,(H,26,27). The third kappa shape index (κ3) is 4.62. The lowest BCUT2D eigenvalue weighted by Crippen LogP contribution is -2.24. The van der Waals surface area contributed by atoms with E-state index in [0.717, 1.165) is 12.1 Å². The maximum absolute atomic E-state index is 12.7. The second kappa shape index (κ2) is 7.75. The van der Waals surface area contributed by atoms with E-state index in [1.165, 1.54) is 24.4 Å². The van der Waals surface area contributed by atoms with Gasteiger partial charge in [-0.25, -0.2) is 0 Å². The molecule has 3 aromatic rings. The molecule has 1 aromatic carbocycles. The Hall–Kier alpha value is -2.93. The molecule has 27 heavy (non-hydrogen) atoms. The van der Waals surface area contributed by atoms with Crippen molar-refractivity contribution in [3.8, 4) is 11.3 Å². The molecule has 0 atom stereocenters. The van der Waals surface area contributed by atoms with Crippen LogP contribution in [0.25, 0.3) is 11.3 Å². The van der Waals surface area contributed by atoms with Crippen LogP contribution in [-0.2, 0) is 12.7 Å². The lowest BCUT2D eigenvalue weighted by molar-refractivity contribution is -0.137. The molecule has 1 N–H and O–H groups in total. The second-order valence-corrected chi connectivity index (χ2v) is 6.05. The van der Waals surface area contributed by atoms with Crippen LogP contribution in [-0.4, -0.2) is 15.9 Å². The largest absolute Gasteiger partial charge is 0.416 e. The SMILES string of the molecule is O=C(NCc1cccc(C(F)(F)F)c1)c1ccc(-c2ncccc2Cl)cn1. The molecular formula is C19H13ClF3N3O. The molecule has 3 rings (SSSR count).